The monoisotopic (exact) mass is 436 g/mol. The van der Waals surface area contributed by atoms with Crippen molar-refractivity contribution in [1.82, 2.24) is 19.7 Å². The molecule has 1 amide bonds. The second-order valence-corrected chi connectivity index (χ2v) is 7.38. The van der Waals surface area contributed by atoms with Gasteiger partial charge in [0, 0.05) is 17.6 Å². The average Bonchev–Trinajstić information content (AvgIpc) is 3.17. The predicted molar refractivity (Wildman–Crippen MR) is 110 cm³/mol. The third-order valence-electron chi connectivity index (χ3n) is 3.69. The summed E-state index contributed by atoms with van der Waals surface area (Å²) < 4.78 is 2.18. The van der Waals surface area contributed by atoms with E-state index in [1.807, 2.05) is 0 Å². The number of rotatable bonds is 6. The zero-order valence-electron chi connectivity index (χ0n) is 14.4. The lowest BCUT2D eigenvalue weighted by Gasteiger charge is -2.03. The van der Waals surface area contributed by atoms with E-state index in [2.05, 4.69) is 27.1 Å². The Morgan fingerprint density at radius 3 is 3.00 bits per heavy atom. The highest BCUT2D eigenvalue weighted by atomic mass is 35.5. The van der Waals surface area contributed by atoms with Gasteiger partial charge in [0.05, 0.1) is 15.5 Å². The van der Waals surface area contributed by atoms with Crippen molar-refractivity contribution < 1.29 is 9.72 Å². The van der Waals surface area contributed by atoms with Gasteiger partial charge in [0.15, 0.2) is 15.7 Å². The number of carbonyl (C=O) groups excluding carboxylic acids is 1. The number of amides is 1. The first kappa shape index (κ1) is 19.9. The number of anilines is 1. The first-order chi connectivity index (χ1) is 13.3. The first-order valence-corrected chi connectivity index (χ1v) is 9.41. The number of aromatic nitrogens is 4. The molecule has 2 aromatic heterocycles. The van der Waals surface area contributed by atoms with Crippen LogP contribution in [0.1, 0.15) is 16.1 Å². The highest BCUT2D eigenvalue weighted by molar-refractivity contribution is 7.71. The van der Waals surface area contributed by atoms with Crippen LogP contribution in [0.3, 0.4) is 0 Å². The van der Waals surface area contributed by atoms with Gasteiger partial charge in [0.25, 0.3) is 11.6 Å². The van der Waals surface area contributed by atoms with Crippen LogP contribution in [0.5, 0.6) is 0 Å². The van der Waals surface area contributed by atoms with Crippen LogP contribution in [0.25, 0.3) is 10.7 Å². The molecule has 144 valence electrons. The molecule has 9 nitrogen and oxygen atoms in total. The fraction of sp³-hybridized carbons (Fsp3) is 0.125. The number of hydrogen-bond donors (Lipinski definition) is 2. The molecule has 0 radical (unpaired) electrons. The normalized spacial score (nSPS) is 10.6. The maximum atomic E-state index is 12.5. The minimum absolute atomic E-state index is 0.113. The number of nitro groups is 1. The van der Waals surface area contributed by atoms with E-state index in [0.717, 1.165) is 6.07 Å². The number of H-pyrrole nitrogens is 1. The Balaban J connectivity index is 1.93. The lowest BCUT2D eigenvalue weighted by Crippen LogP contribution is -2.13. The molecule has 0 aliphatic heterocycles. The van der Waals surface area contributed by atoms with Crippen molar-refractivity contribution in [2.45, 2.75) is 13.5 Å². The third-order valence-corrected chi connectivity index (χ3v) is 5.31. The Hall–Kier alpha value is -2.89. The quantitative estimate of drug-likeness (QED) is 0.256. The summed E-state index contributed by atoms with van der Waals surface area (Å²) in [4.78, 5) is 28.1. The van der Waals surface area contributed by atoms with Gasteiger partial charge < -0.3 is 0 Å². The summed E-state index contributed by atoms with van der Waals surface area (Å²) in [5, 5.41) is 21.2. The highest BCUT2D eigenvalue weighted by Crippen LogP contribution is 2.32. The average molecular weight is 437 g/mol. The molecule has 0 bridgehead atoms. The van der Waals surface area contributed by atoms with E-state index >= 15 is 0 Å². The number of carbonyl (C=O) groups is 1. The Bertz CT molecular complexity index is 1150. The zero-order valence-corrected chi connectivity index (χ0v) is 16.8. The van der Waals surface area contributed by atoms with Crippen molar-refractivity contribution in [3.8, 4) is 10.7 Å². The van der Waals surface area contributed by atoms with E-state index in [0.29, 0.717) is 27.7 Å². The number of thiazole rings is 1. The molecule has 0 saturated carbocycles. The number of halogens is 1. The topological polar surface area (TPSA) is 119 Å². The van der Waals surface area contributed by atoms with Crippen molar-refractivity contribution in [1.29, 1.82) is 0 Å². The van der Waals surface area contributed by atoms with Crippen LogP contribution in [-0.2, 0) is 6.54 Å². The molecule has 0 aliphatic rings. The summed E-state index contributed by atoms with van der Waals surface area (Å²) in [6, 6.07) is 3.84. The largest absolute Gasteiger partial charge is 0.298 e. The smallest absolute Gasteiger partial charge is 0.283 e. The number of aryl methyl sites for hydroxylation is 1. The first-order valence-electron chi connectivity index (χ1n) is 7.81. The number of nitrogens with one attached hydrogen (secondary N) is 2. The molecule has 12 heteroatoms. The van der Waals surface area contributed by atoms with Crippen LogP contribution in [0.4, 0.5) is 10.8 Å². The van der Waals surface area contributed by atoms with Crippen molar-refractivity contribution in [2.75, 3.05) is 5.32 Å². The minimum Gasteiger partial charge on any atom is -0.298 e. The van der Waals surface area contributed by atoms with Crippen molar-refractivity contribution >= 4 is 51.9 Å². The highest BCUT2D eigenvalue weighted by Gasteiger charge is 2.23. The molecule has 3 aromatic rings. The van der Waals surface area contributed by atoms with Gasteiger partial charge in [0.2, 0.25) is 0 Å². The standard InChI is InChI=1S/C16H13ClN6O3S2/c1-3-6-22-13(20-21-16(22)27)12-8(2)18-15(28-12)19-14(24)10-5-4-9(17)7-11(10)23(25)26/h3-5,7H,1,6H2,2H3,(H,21,27)(H,18,19,24). The van der Waals surface area contributed by atoms with Crippen molar-refractivity contribution in [3.05, 3.63) is 62.0 Å². The van der Waals surface area contributed by atoms with Gasteiger partial charge >= 0.3 is 0 Å². The molecule has 2 N–H and O–H groups in total. The van der Waals surface area contributed by atoms with Crippen molar-refractivity contribution in [2.24, 2.45) is 0 Å². The Morgan fingerprint density at radius 2 is 2.32 bits per heavy atom. The third kappa shape index (κ3) is 3.86. The SMILES string of the molecule is C=CCn1c(-c2sc(NC(=O)c3ccc(Cl)cc3[N+](=O)[O-])nc2C)n[nH]c1=S. The summed E-state index contributed by atoms with van der Waals surface area (Å²) in [6.45, 7) is 5.92. The molecule has 0 atom stereocenters. The molecular formula is C16H13ClN6O3S2. The van der Waals surface area contributed by atoms with Crippen LogP contribution >= 0.6 is 35.2 Å². The summed E-state index contributed by atoms with van der Waals surface area (Å²) in [6.07, 6.45) is 1.69. The number of nitrogens with zero attached hydrogens (tertiary/aromatic N) is 4. The van der Waals surface area contributed by atoms with E-state index < -0.39 is 10.8 Å². The second-order valence-electron chi connectivity index (χ2n) is 5.56. The summed E-state index contributed by atoms with van der Waals surface area (Å²) >= 11 is 12.2. The Kier molecular flexibility index (Phi) is 5.68. The van der Waals surface area contributed by atoms with Gasteiger partial charge in [-0.2, -0.15) is 5.10 Å². The van der Waals surface area contributed by atoms with Crippen molar-refractivity contribution in [3.63, 3.8) is 0 Å². The second kappa shape index (κ2) is 8.00. The Morgan fingerprint density at radius 1 is 1.57 bits per heavy atom. The fourth-order valence-electron chi connectivity index (χ4n) is 2.46. The maximum Gasteiger partial charge on any atom is 0.283 e. The molecule has 0 saturated heterocycles. The van der Waals surface area contributed by atoms with E-state index in [9.17, 15) is 14.9 Å². The van der Waals surface area contributed by atoms with Crippen LogP contribution in [0.2, 0.25) is 5.02 Å². The van der Waals surface area contributed by atoms with E-state index in [-0.39, 0.29) is 21.4 Å². The van der Waals surface area contributed by atoms with Gasteiger partial charge in [-0.25, -0.2) is 4.98 Å². The van der Waals surface area contributed by atoms with Gasteiger partial charge in [-0.05, 0) is 31.3 Å². The fourth-order valence-corrected chi connectivity index (χ4v) is 3.79. The predicted octanol–water partition coefficient (Wildman–Crippen LogP) is 4.37. The molecule has 0 spiro atoms. The summed E-state index contributed by atoms with van der Waals surface area (Å²) in [5.41, 5.74) is 0.133. The number of allylic oxidation sites excluding steroid dienone is 1. The van der Waals surface area contributed by atoms with Gasteiger partial charge in [-0.15, -0.1) is 6.58 Å². The molecule has 1 aromatic carbocycles. The maximum absolute atomic E-state index is 12.5. The van der Waals surface area contributed by atoms with Crippen LogP contribution in [0, 0.1) is 21.8 Å². The molecule has 0 aliphatic carbocycles. The van der Waals surface area contributed by atoms with E-state index in [1.165, 1.54) is 23.5 Å². The van der Waals surface area contributed by atoms with Crippen LogP contribution in [0.15, 0.2) is 30.9 Å². The molecule has 2 heterocycles. The summed E-state index contributed by atoms with van der Waals surface area (Å²) in [5.74, 6) is -0.0912. The minimum atomic E-state index is -0.660. The van der Waals surface area contributed by atoms with Gasteiger partial charge in [0.1, 0.15) is 5.56 Å². The van der Waals surface area contributed by atoms with E-state index in [1.54, 1.807) is 17.6 Å². The summed E-state index contributed by atoms with van der Waals surface area (Å²) in [7, 11) is 0. The molecule has 28 heavy (non-hydrogen) atoms. The number of aromatic amines is 1. The van der Waals surface area contributed by atoms with Crippen LogP contribution in [-0.4, -0.2) is 30.6 Å². The van der Waals surface area contributed by atoms with Crippen LogP contribution < -0.4 is 5.32 Å². The molecule has 3 rings (SSSR count). The van der Waals surface area contributed by atoms with Gasteiger partial charge in [-0.1, -0.05) is 29.0 Å². The number of hydrogen-bond acceptors (Lipinski definition) is 7. The van der Waals surface area contributed by atoms with Gasteiger partial charge in [-0.3, -0.25) is 29.9 Å². The lowest BCUT2D eigenvalue weighted by molar-refractivity contribution is -0.385. The molecule has 0 unspecified atom stereocenters. The number of benzene rings is 1. The zero-order chi connectivity index (χ0) is 20.4. The lowest BCUT2D eigenvalue weighted by atomic mass is 10.1. The number of nitro benzene ring substituents is 1. The molecule has 0 fully saturated rings. The molecular weight excluding hydrogens is 424 g/mol. The Labute approximate surface area is 172 Å². The van der Waals surface area contributed by atoms with E-state index in [4.69, 9.17) is 23.8 Å².